The number of aliphatic carboxylic acids is 1. The number of rotatable bonds is 17. The Hall–Kier alpha value is -1.85. The third-order valence-corrected chi connectivity index (χ3v) is 4.02. The molecule has 0 aromatic heterocycles. The molecule has 6 nitrogen and oxygen atoms in total. The second kappa shape index (κ2) is 16.6. The molecule has 0 bridgehead atoms. The highest BCUT2D eigenvalue weighted by Gasteiger charge is 2.06. The molecule has 0 spiro atoms. The van der Waals surface area contributed by atoms with E-state index in [-0.39, 0.29) is 18.5 Å². The maximum Gasteiger partial charge on any atom is 0.330 e. The second-order valence-corrected chi connectivity index (χ2v) is 6.54. The molecule has 1 unspecified atom stereocenters. The smallest absolute Gasteiger partial charge is 0.330 e. The van der Waals surface area contributed by atoms with E-state index < -0.39 is 11.9 Å². The van der Waals surface area contributed by atoms with Crippen LogP contribution in [0.5, 0.6) is 0 Å². The van der Waals surface area contributed by atoms with Gasteiger partial charge in [-0.15, -0.1) is 0 Å². The zero-order chi connectivity index (χ0) is 19.6. The van der Waals surface area contributed by atoms with Gasteiger partial charge in [0.1, 0.15) is 0 Å². The van der Waals surface area contributed by atoms with Crippen molar-refractivity contribution in [1.29, 1.82) is 0 Å². The first-order chi connectivity index (χ1) is 12.5. The number of unbranched alkanes of at least 4 members (excludes halogenated alkanes) is 7. The number of hydrogen-bond donors (Lipinski definition) is 1. The molecule has 1 N–H and O–H groups in total. The number of carbonyl (C=O) groups excluding carboxylic acids is 2. The molecule has 0 aliphatic carbocycles. The first-order valence-electron chi connectivity index (χ1n) is 9.66. The number of ether oxygens (including phenoxy) is 2. The normalized spacial score (nSPS) is 11.6. The lowest BCUT2D eigenvalue weighted by molar-refractivity contribution is -0.144. The minimum atomic E-state index is -0.738. The van der Waals surface area contributed by atoms with E-state index in [9.17, 15) is 14.4 Å². The molecular formula is C20H34O6. The zero-order valence-corrected chi connectivity index (χ0v) is 16.0. The fourth-order valence-corrected chi connectivity index (χ4v) is 2.53. The first kappa shape index (κ1) is 24.1. The topological polar surface area (TPSA) is 89.9 Å². The van der Waals surface area contributed by atoms with Crippen LogP contribution in [-0.4, -0.2) is 35.7 Å². The number of carbonyl (C=O) groups is 3. The molecular weight excluding hydrogens is 336 g/mol. The van der Waals surface area contributed by atoms with Gasteiger partial charge in [-0.2, -0.15) is 0 Å². The summed E-state index contributed by atoms with van der Waals surface area (Å²) < 4.78 is 10.3. The molecule has 0 amide bonds. The van der Waals surface area contributed by atoms with E-state index in [2.05, 4.69) is 6.58 Å². The van der Waals surface area contributed by atoms with Crippen LogP contribution in [0.4, 0.5) is 0 Å². The van der Waals surface area contributed by atoms with E-state index in [0.29, 0.717) is 13.0 Å². The third kappa shape index (κ3) is 17.0. The minimum Gasteiger partial charge on any atom is -0.481 e. The van der Waals surface area contributed by atoms with Gasteiger partial charge in [-0.25, -0.2) is 4.79 Å². The van der Waals surface area contributed by atoms with Crippen molar-refractivity contribution < 1.29 is 29.0 Å². The summed E-state index contributed by atoms with van der Waals surface area (Å²) in [4.78, 5) is 33.0. The van der Waals surface area contributed by atoms with Crippen molar-refractivity contribution in [3.05, 3.63) is 12.7 Å². The lowest BCUT2D eigenvalue weighted by Gasteiger charge is -2.11. The van der Waals surface area contributed by atoms with Gasteiger partial charge in [0, 0.05) is 18.9 Å². The molecule has 0 aliphatic heterocycles. The van der Waals surface area contributed by atoms with E-state index in [1.807, 2.05) is 6.92 Å². The molecule has 0 saturated heterocycles. The van der Waals surface area contributed by atoms with Crippen molar-refractivity contribution in [2.45, 2.75) is 90.1 Å². The summed E-state index contributed by atoms with van der Waals surface area (Å²) in [5.41, 5.74) is 0. The Kier molecular flexibility index (Phi) is 15.4. The average Bonchev–Trinajstić information content (AvgIpc) is 2.59. The SMILES string of the molecule is C=CC(=O)OC(C)CCCCCOC(=O)CCCCCCCCC(=O)O. The van der Waals surface area contributed by atoms with E-state index in [0.717, 1.165) is 70.3 Å². The standard InChI is InChI=1S/C20H34O6/c1-3-19(23)26-17(2)13-9-8-12-16-25-20(24)15-11-7-5-4-6-10-14-18(21)22/h3,17H,1,4-16H2,2H3,(H,21,22). The van der Waals surface area contributed by atoms with E-state index >= 15 is 0 Å². The van der Waals surface area contributed by atoms with Gasteiger partial charge in [0.15, 0.2) is 0 Å². The summed E-state index contributed by atoms with van der Waals surface area (Å²) in [6.07, 6.45) is 10.7. The van der Waals surface area contributed by atoms with Crippen LogP contribution in [0.1, 0.15) is 84.0 Å². The maximum absolute atomic E-state index is 11.6. The van der Waals surface area contributed by atoms with E-state index in [1.165, 1.54) is 0 Å². The fraction of sp³-hybridized carbons (Fsp3) is 0.750. The van der Waals surface area contributed by atoms with Gasteiger partial charge < -0.3 is 14.6 Å². The molecule has 0 aliphatic rings. The van der Waals surface area contributed by atoms with E-state index in [4.69, 9.17) is 14.6 Å². The molecule has 0 fully saturated rings. The van der Waals surface area contributed by atoms with Crippen LogP contribution in [0.15, 0.2) is 12.7 Å². The summed E-state index contributed by atoms with van der Waals surface area (Å²) in [7, 11) is 0. The maximum atomic E-state index is 11.6. The van der Waals surface area contributed by atoms with Crippen molar-refractivity contribution in [2.75, 3.05) is 6.61 Å². The number of carboxylic acids is 1. The molecule has 6 heteroatoms. The summed E-state index contributed by atoms with van der Waals surface area (Å²) >= 11 is 0. The van der Waals surface area contributed by atoms with Crippen LogP contribution < -0.4 is 0 Å². The van der Waals surface area contributed by atoms with Crippen LogP contribution in [-0.2, 0) is 23.9 Å². The molecule has 0 saturated carbocycles. The van der Waals surface area contributed by atoms with Gasteiger partial charge in [-0.05, 0) is 45.4 Å². The highest BCUT2D eigenvalue weighted by Crippen LogP contribution is 2.10. The molecule has 1 atom stereocenters. The van der Waals surface area contributed by atoms with Crippen molar-refractivity contribution >= 4 is 17.9 Å². The van der Waals surface area contributed by atoms with Gasteiger partial charge in [0.05, 0.1) is 12.7 Å². The molecule has 26 heavy (non-hydrogen) atoms. The van der Waals surface area contributed by atoms with Gasteiger partial charge in [0.25, 0.3) is 0 Å². The van der Waals surface area contributed by atoms with Crippen molar-refractivity contribution in [1.82, 2.24) is 0 Å². The molecule has 0 radical (unpaired) electrons. The highest BCUT2D eigenvalue weighted by atomic mass is 16.5. The Bertz CT molecular complexity index is 419. The predicted molar refractivity (Wildman–Crippen MR) is 99.7 cm³/mol. The second-order valence-electron chi connectivity index (χ2n) is 6.54. The molecule has 0 heterocycles. The van der Waals surface area contributed by atoms with Crippen LogP contribution >= 0.6 is 0 Å². The Balaban J connectivity index is 3.35. The molecule has 0 rings (SSSR count). The Labute approximate surface area is 156 Å². The van der Waals surface area contributed by atoms with Crippen LogP contribution in [0.2, 0.25) is 0 Å². The Morgan fingerprint density at radius 1 is 0.923 bits per heavy atom. The highest BCUT2D eigenvalue weighted by molar-refractivity contribution is 5.81. The number of hydrogen-bond acceptors (Lipinski definition) is 5. The predicted octanol–water partition coefficient (Wildman–Crippen LogP) is 4.41. The van der Waals surface area contributed by atoms with Gasteiger partial charge in [-0.3, -0.25) is 9.59 Å². The quantitative estimate of drug-likeness (QED) is 0.232. The van der Waals surface area contributed by atoms with Gasteiger partial charge in [0.2, 0.25) is 0 Å². The Morgan fingerprint density at radius 3 is 2.12 bits per heavy atom. The number of esters is 2. The largest absolute Gasteiger partial charge is 0.481 e. The van der Waals surface area contributed by atoms with Crippen LogP contribution in [0.25, 0.3) is 0 Å². The molecule has 0 aromatic rings. The van der Waals surface area contributed by atoms with Gasteiger partial charge in [-0.1, -0.05) is 32.3 Å². The van der Waals surface area contributed by atoms with Crippen LogP contribution in [0, 0.1) is 0 Å². The lowest BCUT2D eigenvalue weighted by Crippen LogP contribution is -2.12. The lowest BCUT2D eigenvalue weighted by atomic mass is 10.1. The molecule has 150 valence electrons. The summed E-state index contributed by atoms with van der Waals surface area (Å²) in [5.74, 6) is -1.28. The number of carboxylic acid groups (broad SMARTS) is 1. The average molecular weight is 370 g/mol. The van der Waals surface area contributed by atoms with Crippen molar-refractivity contribution in [3.8, 4) is 0 Å². The molecule has 0 aromatic carbocycles. The minimum absolute atomic E-state index is 0.118. The van der Waals surface area contributed by atoms with Crippen molar-refractivity contribution in [2.24, 2.45) is 0 Å². The van der Waals surface area contributed by atoms with Crippen molar-refractivity contribution in [3.63, 3.8) is 0 Å². The summed E-state index contributed by atoms with van der Waals surface area (Å²) in [5, 5.41) is 8.53. The summed E-state index contributed by atoms with van der Waals surface area (Å²) in [6, 6.07) is 0. The third-order valence-electron chi connectivity index (χ3n) is 4.02. The van der Waals surface area contributed by atoms with Crippen LogP contribution in [0.3, 0.4) is 0 Å². The monoisotopic (exact) mass is 370 g/mol. The fourth-order valence-electron chi connectivity index (χ4n) is 2.53. The first-order valence-corrected chi connectivity index (χ1v) is 9.66. The summed E-state index contributed by atoms with van der Waals surface area (Å²) in [6.45, 7) is 5.65. The Morgan fingerprint density at radius 2 is 1.50 bits per heavy atom. The van der Waals surface area contributed by atoms with Gasteiger partial charge >= 0.3 is 17.9 Å². The van der Waals surface area contributed by atoms with E-state index in [1.54, 1.807) is 0 Å². The zero-order valence-electron chi connectivity index (χ0n) is 16.0.